The summed E-state index contributed by atoms with van der Waals surface area (Å²) in [5.41, 5.74) is 0. The Kier molecular flexibility index (Phi) is 4.05. The first kappa shape index (κ1) is 11.2. The first-order valence-corrected chi connectivity index (χ1v) is 6.00. The van der Waals surface area contributed by atoms with Crippen molar-refractivity contribution in [3.8, 4) is 0 Å². The normalized spacial score (nSPS) is 11.8. The van der Waals surface area contributed by atoms with E-state index in [4.69, 9.17) is 4.42 Å². The second-order valence-electron chi connectivity index (χ2n) is 2.81. The minimum Gasteiger partial charge on any atom is -0.447 e. The van der Waals surface area contributed by atoms with Crippen LogP contribution in [0.1, 0.15) is 5.76 Å². The SMILES string of the molecule is CS(=O)(=O)NCCNCc1cnco1. The summed E-state index contributed by atoms with van der Waals surface area (Å²) in [5, 5.41) is 3.00. The molecular formula is C7H13N3O3S. The van der Waals surface area contributed by atoms with Gasteiger partial charge in [0, 0.05) is 13.1 Å². The van der Waals surface area contributed by atoms with Gasteiger partial charge >= 0.3 is 0 Å². The zero-order chi connectivity index (χ0) is 10.4. The Balaban J connectivity index is 2.06. The van der Waals surface area contributed by atoms with Gasteiger partial charge in [-0.15, -0.1) is 0 Å². The van der Waals surface area contributed by atoms with Gasteiger partial charge in [-0.1, -0.05) is 0 Å². The second-order valence-corrected chi connectivity index (χ2v) is 4.64. The number of hydrogen-bond donors (Lipinski definition) is 2. The quantitative estimate of drug-likeness (QED) is 0.619. The van der Waals surface area contributed by atoms with Crippen LogP contribution in [-0.4, -0.2) is 32.7 Å². The Labute approximate surface area is 82.8 Å². The molecule has 2 N–H and O–H groups in total. The molecule has 0 aliphatic heterocycles. The van der Waals surface area contributed by atoms with Crippen molar-refractivity contribution in [2.75, 3.05) is 19.3 Å². The van der Waals surface area contributed by atoms with Gasteiger partial charge in [0.2, 0.25) is 10.0 Å². The molecule has 80 valence electrons. The highest BCUT2D eigenvalue weighted by Crippen LogP contribution is 1.93. The number of rotatable bonds is 6. The Morgan fingerprint density at radius 1 is 1.50 bits per heavy atom. The molecule has 1 aromatic rings. The minimum absolute atomic E-state index is 0.368. The van der Waals surface area contributed by atoms with Crippen LogP contribution in [0.2, 0.25) is 0 Å². The molecular weight excluding hydrogens is 206 g/mol. The van der Waals surface area contributed by atoms with Crippen LogP contribution in [0.4, 0.5) is 0 Å². The highest BCUT2D eigenvalue weighted by molar-refractivity contribution is 7.88. The van der Waals surface area contributed by atoms with Crippen LogP contribution in [0.5, 0.6) is 0 Å². The van der Waals surface area contributed by atoms with E-state index in [0.29, 0.717) is 19.6 Å². The van der Waals surface area contributed by atoms with Crippen molar-refractivity contribution in [2.45, 2.75) is 6.54 Å². The average molecular weight is 219 g/mol. The molecule has 0 spiro atoms. The molecule has 0 saturated heterocycles. The summed E-state index contributed by atoms with van der Waals surface area (Å²) in [7, 11) is -3.08. The number of aromatic nitrogens is 1. The van der Waals surface area contributed by atoms with Gasteiger partial charge in [0.05, 0.1) is 19.0 Å². The molecule has 7 heteroatoms. The predicted molar refractivity (Wildman–Crippen MR) is 51.1 cm³/mol. The molecule has 0 amide bonds. The van der Waals surface area contributed by atoms with Crippen LogP contribution < -0.4 is 10.0 Å². The molecule has 0 aliphatic rings. The topological polar surface area (TPSA) is 84.2 Å². The smallest absolute Gasteiger partial charge is 0.208 e. The number of nitrogens with one attached hydrogen (secondary N) is 2. The van der Waals surface area contributed by atoms with Crippen molar-refractivity contribution in [1.29, 1.82) is 0 Å². The summed E-state index contributed by atoms with van der Waals surface area (Å²) >= 11 is 0. The molecule has 1 aromatic heterocycles. The molecule has 0 atom stereocenters. The summed E-state index contributed by atoms with van der Waals surface area (Å²) in [6, 6.07) is 0. The summed E-state index contributed by atoms with van der Waals surface area (Å²) < 4.78 is 28.6. The van der Waals surface area contributed by atoms with Gasteiger partial charge in [-0.25, -0.2) is 18.1 Å². The van der Waals surface area contributed by atoms with E-state index in [-0.39, 0.29) is 0 Å². The lowest BCUT2D eigenvalue weighted by Gasteiger charge is -2.02. The number of hydrogen-bond acceptors (Lipinski definition) is 5. The summed E-state index contributed by atoms with van der Waals surface area (Å²) in [6.07, 6.45) is 4.09. The number of nitrogens with zero attached hydrogens (tertiary/aromatic N) is 1. The maximum absolute atomic E-state index is 10.7. The van der Waals surface area contributed by atoms with E-state index >= 15 is 0 Å². The lowest BCUT2D eigenvalue weighted by molar-refractivity contribution is 0.479. The summed E-state index contributed by atoms with van der Waals surface area (Å²) in [4.78, 5) is 3.74. The monoisotopic (exact) mass is 219 g/mol. The largest absolute Gasteiger partial charge is 0.447 e. The molecule has 6 nitrogen and oxygen atoms in total. The van der Waals surface area contributed by atoms with Gasteiger partial charge in [-0.2, -0.15) is 0 Å². The summed E-state index contributed by atoms with van der Waals surface area (Å²) in [6.45, 7) is 1.46. The van der Waals surface area contributed by atoms with E-state index in [1.807, 2.05) is 0 Å². The molecule has 1 heterocycles. The van der Waals surface area contributed by atoms with Crippen molar-refractivity contribution in [2.24, 2.45) is 0 Å². The zero-order valence-corrected chi connectivity index (χ0v) is 8.67. The van der Waals surface area contributed by atoms with Crippen molar-refractivity contribution in [1.82, 2.24) is 15.0 Å². The highest BCUT2D eigenvalue weighted by Gasteiger charge is 1.99. The fourth-order valence-corrected chi connectivity index (χ4v) is 1.34. The maximum atomic E-state index is 10.7. The molecule has 0 saturated carbocycles. The van der Waals surface area contributed by atoms with E-state index < -0.39 is 10.0 Å². The second kappa shape index (κ2) is 5.08. The van der Waals surface area contributed by atoms with Gasteiger partial charge in [-0.3, -0.25) is 0 Å². The Hall–Kier alpha value is -0.920. The molecule has 0 unspecified atom stereocenters. The van der Waals surface area contributed by atoms with Crippen molar-refractivity contribution >= 4 is 10.0 Å². The third-order valence-corrected chi connectivity index (χ3v) is 2.18. The standard InChI is InChI=1S/C7H13N3O3S/c1-14(11,12)10-3-2-8-4-7-5-9-6-13-7/h5-6,8,10H,2-4H2,1H3. The molecule has 0 radical (unpaired) electrons. The maximum Gasteiger partial charge on any atom is 0.208 e. The molecule has 14 heavy (non-hydrogen) atoms. The fraction of sp³-hybridized carbons (Fsp3) is 0.571. The first-order chi connectivity index (χ1) is 6.58. The lowest BCUT2D eigenvalue weighted by atomic mass is 10.5. The van der Waals surface area contributed by atoms with Crippen LogP contribution in [0.15, 0.2) is 17.0 Å². The zero-order valence-electron chi connectivity index (χ0n) is 7.86. The molecule has 0 aromatic carbocycles. The lowest BCUT2D eigenvalue weighted by Crippen LogP contribution is -2.30. The Morgan fingerprint density at radius 2 is 2.29 bits per heavy atom. The van der Waals surface area contributed by atoms with Crippen LogP contribution in [0.25, 0.3) is 0 Å². The molecule has 1 rings (SSSR count). The van der Waals surface area contributed by atoms with Crippen molar-refractivity contribution in [3.63, 3.8) is 0 Å². The van der Waals surface area contributed by atoms with Crippen molar-refractivity contribution < 1.29 is 12.8 Å². The third kappa shape index (κ3) is 4.95. The first-order valence-electron chi connectivity index (χ1n) is 4.10. The Morgan fingerprint density at radius 3 is 2.86 bits per heavy atom. The van der Waals surface area contributed by atoms with E-state index in [1.165, 1.54) is 6.39 Å². The van der Waals surface area contributed by atoms with Crippen molar-refractivity contribution in [3.05, 3.63) is 18.4 Å². The van der Waals surface area contributed by atoms with Crippen LogP contribution >= 0.6 is 0 Å². The minimum atomic E-state index is -3.08. The summed E-state index contributed by atoms with van der Waals surface area (Å²) in [5.74, 6) is 0.726. The highest BCUT2D eigenvalue weighted by atomic mass is 32.2. The van der Waals surface area contributed by atoms with Gasteiger partial charge in [0.15, 0.2) is 6.39 Å². The van der Waals surface area contributed by atoms with E-state index in [2.05, 4.69) is 15.0 Å². The van der Waals surface area contributed by atoms with Crippen LogP contribution in [0.3, 0.4) is 0 Å². The van der Waals surface area contributed by atoms with E-state index in [0.717, 1.165) is 12.0 Å². The van der Waals surface area contributed by atoms with Gasteiger partial charge in [0.25, 0.3) is 0 Å². The van der Waals surface area contributed by atoms with E-state index in [1.54, 1.807) is 6.20 Å². The molecule has 0 fully saturated rings. The average Bonchev–Trinajstić information content (AvgIpc) is 2.54. The number of sulfonamides is 1. The van der Waals surface area contributed by atoms with Gasteiger partial charge < -0.3 is 9.73 Å². The predicted octanol–water partition coefficient (Wildman–Crippen LogP) is -0.687. The number of oxazole rings is 1. The van der Waals surface area contributed by atoms with Crippen LogP contribution in [-0.2, 0) is 16.6 Å². The fourth-order valence-electron chi connectivity index (χ4n) is 0.866. The van der Waals surface area contributed by atoms with Gasteiger partial charge in [-0.05, 0) is 0 Å². The molecule has 0 aliphatic carbocycles. The van der Waals surface area contributed by atoms with Crippen LogP contribution in [0, 0.1) is 0 Å². The molecule has 0 bridgehead atoms. The van der Waals surface area contributed by atoms with Gasteiger partial charge in [0.1, 0.15) is 5.76 Å². The van der Waals surface area contributed by atoms with E-state index in [9.17, 15) is 8.42 Å². The third-order valence-electron chi connectivity index (χ3n) is 1.45. The Bertz CT molecular complexity index is 346.